The highest BCUT2D eigenvalue weighted by Crippen LogP contribution is 2.23. The Bertz CT molecular complexity index is 1520. The molecular weight excluding hydrogens is 485 g/mol. The maximum absolute atomic E-state index is 13.7. The lowest BCUT2D eigenvalue weighted by molar-refractivity contribution is 0.0667. The van der Waals surface area contributed by atoms with Gasteiger partial charge in [-0.1, -0.05) is 5.21 Å². The van der Waals surface area contributed by atoms with E-state index >= 15 is 0 Å². The fraction of sp³-hybridized carbons (Fsp3) is 0.357. The number of piperazine rings is 1. The number of benzene rings is 2. The number of halogens is 1. The summed E-state index contributed by atoms with van der Waals surface area (Å²) in [6, 6.07) is 13.4. The summed E-state index contributed by atoms with van der Waals surface area (Å²) in [7, 11) is 2.15. The molecule has 0 saturated carbocycles. The summed E-state index contributed by atoms with van der Waals surface area (Å²) in [5.74, 6) is -0.323. The fourth-order valence-corrected chi connectivity index (χ4v) is 5.43. The Morgan fingerprint density at radius 1 is 1.05 bits per heavy atom. The van der Waals surface area contributed by atoms with E-state index in [1.165, 1.54) is 18.2 Å². The summed E-state index contributed by atoms with van der Waals surface area (Å²) in [5.41, 5.74) is 2.28. The third-order valence-electron chi connectivity index (χ3n) is 7.66. The van der Waals surface area contributed by atoms with E-state index < -0.39 is 0 Å². The molecule has 2 aromatic carbocycles. The van der Waals surface area contributed by atoms with Crippen molar-refractivity contribution in [3.63, 3.8) is 0 Å². The van der Waals surface area contributed by atoms with E-state index in [0.717, 1.165) is 57.8 Å². The molecule has 2 aliphatic rings. The molecule has 1 amide bonds. The third-order valence-corrected chi connectivity index (χ3v) is 7.66. The SMILES string of the molecule is CN1CCN(CC2CCCN2C(=O)c2ccc(-n3cc(-c4cc5cc(F)ccc5[nH]c4=O)nn3)cc2)CC1. The highest BCUT2D eigenvalue weighted by atomic mass is 19.1. The topological polar surface area (TPSA) is 90.4 Å². The first-order valence-electron chi connectivity index (χ1n) is 13.0. The van der Waals surface area contributed by atoms with E-state index in [4.69, 9.17) is 0 Å². The largest absolute Gasteiger partial charge is 0.334 e. The molecule has 0 aliphatic carbocycles. The van der Waals surface area contributed by atoms with E-state index in [1.807, 2.05) is 29.2 Å². The van der Waals surface area contributed by atoms with Crippen molar-refractivity contribution in [2.75, 3.05) is 46.3 Å². The van der Waals surface area contributed by atoms with Crippen LogP contribution in [0.15, 0.2) is 59.5 Å². The molecule has 10 heteroatoms. The predicted molar refractivity (Wildman–Crippen MR) is 143 cm³/mol. The molecule has 196 valence electrons. The van der Waals surface area contributed by atoms with Crippen LogP contribution in [-0.4, -0.2) is 92.9 Å². The number of hydrogen-bond donors (Lipinski definition) is 1. The molecule has 1 N–H and O–H groups in total. The predicted octanol–water partition coefficient (Wildman–Crippen LogP) is 2.77. The molecule has 4 aromatic rings. The van der Waals surface area contributed by atoms with Crippen molar-refractivity contribution < 1.29 is 9.18 Å². The average molecular weight is 516 g/mol. The molecule has 2 saturated heterocycles. The number of H-pyrrole nitrogens is 1. The van der Waals surface area contributed by atoms with Gasteiger partial charge in [-0.2, -0.15) is 0 Å². The molecular formula is C28H30FN7O2. The quantitative estimate of drug-likeness (QED) is 0.440. The van der Waals surface area contributed by atoms with Gasteiger partial charge in [-0.15, -0.1) is 5.10 Å². The molecule has 2 aliphatic heterocycles. The van der Waals surface area contributed by atoms with Crippen molar-refractivity contribution in [1.82, 2.24) is 34.7 Å². The van der Waals surface area contributed by atoms with Crippen LogP contribution in [0, 0.1) is 5.82 Å². The lowest BCUT2D eigenvalue weighted by Crippen LogP contribution is -2.50. The summed E-state index contributed by atoms with van der Waals surface area (Å²) in [6.45, 7) is 5.95. The minimum absolute atomic E-state index is 0.0578. The first kappa shape index (κ1) is 24.4. The molecule has 38 heavy (non-hydrogen) atoms. The van der Waals surface area contributed by atoms with E-state index in [2.05, 4.69) is 32.1 Å². The van der Waals surface area contributed by atoms with Gasteiger partial charge >= 0.3 is 0 Å². The van der Waals surface area contributed by atoms with E-state index in [1.54, 1.807) is 16.9 Å². The lowest BCUT2D eigenvalue weighted by Gasteiger charge is -2.36. The number of rotatable bonds is 5. The second kappa shape index (κ2) is 10.1. The van der Waals surface area contributed by atoms with Crippen LogP contribution in [0.5, 0.6) is 0 Å². The second-order valence-electron chi connectivity index (χ2n) is 10.2. The van der Waals surface area contributed by atoms with Crippen LogP contribution in [0.3, 0.4) is 0 Å². The van der Waals surface area contributed by atoms with Crippen LogP contribution in [0.2, 0.25) is 0 Å². The summed E-state index contributed by atoms with van der Waals surface area (Å²) in [5, 5.41) is 8.91. The molecule has 0 bridgehead atoms. The second-order valence-corrected chi connectivity index (χ2v) is 10.2. The Labute approximate surface area is 219 Å². The van der Waals surface area contributed by atoms with Crippen LogP contribution in [0.1, 0.15) is 23.2 Å². The molecule has 0 spiro atoms. The molecule has 6 rings (SSSR count). The van der Waals surface area contributed by atoms with Crippen LogP contribution in [0.4, 0.5) is 4.39 Å². The van der Waals surface area contributed by atoms with Gasteiger partial charge in [0.15, 0.2) is 0 Å². The zero-order valence-corrected chi connectivity index (χ0v) is 21.3. The number of nitrogens with zero attached hydrogens (tertiary/aromatic N) is 6. The van der Waals surface area contributed by atoms with Gasteiger partial charge in [0.2, 0.25) is 0 Å². The van der Waals surface area contributed by atoms with Crippen molar-refractivity contribution in [1.29, 1.82) is 0 Å². The molecule has 1 unspecified atom stereocenters. The Kier molecular flexibility index (Phi) is 6.50. The van der Waals surface area contributed by atoms with Gasteiger partial charge in [0.25, 0.3) is 11.5 Å². The van der Waals surface area contributed by atoms with Crippen LogP contribution < -0.4 is 5.56 Å². The molecule has 1 atom stereocenters. The summed E-state index contributed by atoms with van der Waals surface area (Å²) < 4.78 is 15.2. The maximum Gasteiger partial charge on any atom is 0.258 e. The van der Waals surface area contributed by atoms with Gasteiger partial charge in [-0.25, -0.2) is 9.07 Å². The number of carbonyl (C=O) groups excluding carboxylic acids is 1. The number of likely N-dealkylation sites (tertiary alicyclic amines) is 1. The van der Waals surface area contributed by atoms with Crippen molar-refractivity contribution in [3.05, 3.63) is 76.5 Å². The normalized spacial score (nSPS) is 18.9. The zero-order valence-electron chi connectivity index (χ0n) is 21.3. The summed E-state index contributed by atoms with van der Waals surface area (Å²) in [4.78, 5) is 35.6. The van der Waals surface area contributed by atoms with E-state index in [-0.39, 0.29) is 23.3 Å². The first-order valence-corrected chi connectivity index (χ1v) is 13.0. The molecule has 2 aromatic heterocycles. The highest BCUT2D eigenvalue weighted by Gasteiger charge is 2.31. The summed E-state index contributed by atoms with van der Waals surface area (Å²) >= 11 is 0. The Balaban J connectivity index is 1.17. The fourth-order valence-electron chi connectivity index (χ4n) is 5.43. The number of carbonyl (C=O) groups is 1. The minimum atomic E-state index is -0.381. The van der Waals surface area contributed by atoms with Gasteiger partial charge in [0, 0.05) is 61.8 Å². The molecule has 4 heterocycles. The van der Waals surface area contributed by atoms with Gasteiger partial charge in [-0.05, 0) is 68.4 Å². The van der Waals surface area contributed by atoms with Crippen LogP contribution in [0.25, 0.3) is 27.8 Å². The van der Waals surface area contributed by atoms with Crippen molar-refractivity contribution in [2.24, 2.45) is 0 Å². The number of aromatic amines is 1. The summed E-state index contributed by atoms with van der Waals surface area (Å²) in [6.07, 6.45) is 3.72. The van der Waals surface area contributed by atoms with Gasteiger partial charge in [-0.3, -0.25) is 14.5 Å². The monoisotopic (exact) mass is 515 g/mol. The average Bonchev–Trinajstić information content (AvgIpc) is 3.60. The standard InChI is InChI=1S/C28H30FN7O2/c1-33-11-13-34(14-12-33)17-23-3-2-10-35(23)28(38)19-4-7-22(8-5-19)36-18-26(31-32-36)24-16-20-15-21(29)6-9-25(20)30-27(24)37/h4-9,15-16,18,23H,2-3,10-14,17H2,1H3,(H,30,37). The number of hydrogen-bond acceptors (Lipinski definition) is 6. The van der Waals surface area contributed by atoms with Crippen molar-refractivity contribution in [2.45, 2.75) is 18.9 Å². The number of pyridine rings is 1. The maximum atomic E-state index is 13.7. The number of fused-ring (bicyclic) bond motifs is 1. The smallest absolute Gasteiger partial charge is 0.258 e. The van der Waals surface area contributed by atoms with Crippen LogP contribution in [-0.2, 0) is 0 Å². The van der Waals surface area contributed by atoms with Crippen molar-refractivity contribution in [3.8, 4) is 16.9 Å². The third kappa shape index (κ3) is 4.84. The molecule has 2 fully saturated rings. The highest BCUT2D eigenvalue weighted by molar-refractivity contribution is 5.94. The minimum Gasteiger partial charge on any atom is -0.334 e. The van der Waals surface area contributed by atoms with E-state index in [0.29, 0.717) is 27.7 Å². The van der Waals surface area contributed by atoms with Gasteiger partial charge in [0.05, 0.1) is 17.4 Å². The number of nitrogens with one attached hydrogen (secondary N) is 1. The molecule has 9 nitrogen and oxygen atoms in total. The van der Waals surface area contributed by atoms with E-state index in [9.17, 15) is 14.0 Å². The van der Waals surface area contributed by atoms with Crippen molar-refractivity contribution >= 4 is 16.8 Å². The van der Waals surface area contributed by atoms with Crippen LogP contribution >= 0.6 is 0 Å². The number of amides is 1. The van der Waals surface area contributed by atoms with Gasteiger partial charge < -0.3 is 14.8 Å². The number of aromatic nitrogens is 4. The Morgan fingerprint density at radius 2 is 1.84 bits per heavy atom. The lowest BCUT2D eigenvalue weighted by atomic mass is 10.1. The first-order chi connectivity index (χ1) is 18.4. The Morgan fingerprint density at radius 3 is 2.63 bits per heavy atom. The Hall–Kier alpha value is -3.89. The zero-order chi connectivity index (χ0) is 26.2. The molecule has 0 radical (unpaired) electrons. The van der Waals surface area contributed by atoms with Gasteiger partial charge in [0.1, 0.15) is 11.5 Å². The number of likely N-dealkylation sites (N-methyl/N-ethyl adjacent to an activating group) is 1.